The summed E-state index contributed by atoms with van der Waals surface area (Å²) in [7, 11) is 0. The molecule has 100 valence electrons. The Morgan fingerprint density at radius 2 is 1.68 bits per heavy atom. The second kappa shape index (κ2) is 5.07. The molecular formula is C15H18NOPS. The lowest BCUT2D eigenvalue weighted by atomic mass is 10.3. The maximum atomic E-state index is 12.2. The summed E-state index contributed by atoms with van der Waals surface area (Å²) in [4.78, 5) is 14.9. The third-order valence-electron chi connectivity index (χ3n) is 3.20. The summed E-state index contributed by atoms with van der Waals surface area (Å²) < 4.78 is 0. The smallest absolute Gasteiger partial charge is 0.256 e. The zero-order valence-electron chi connectivity index (χ0n) is 11.4. The maximum absolute atomic E-state index is 12.2. The molecule has 2 nitrogen and oxygen atoms in total. The van der Waals surface area contributed by atoms with Crippen LogP contribution in [0.1, 0.15) is 20.8 Å². The molecule has 2 rings (SSSR count). The van der Waals surface area contributed by atoms with E-state index in [1.165, 1.54) is 0 Å². The van der Waals surface area contributed by atoms with Gasteiger partial charge in [-0.05, 0) is 22.6 Å². The number of aromatic nitrogens is 1. The van der Waals surface area contributed by atoms with Gasteiger partial charge in [-0.25, -0.2) is 0 Å². The monoisotopic (exact) mass is 291 g/mol. The van der Waals surface area contributed by atoms with Crippen molar-refractivity contribution in [2.75, 3.05) is 0 Å². The van der Waals surface area contributed by atoms with E-state index in [4.69, 9.17) is 11.8 Å². The van der Waals surface area contributed by atoms with Crippen LogP contribution >= 0.6 is 6.04 Å². The lowest BCUT2D eigenvalue weighted by molar-refractivity contribution is 0.791. The fraction of sp³-hybridized carbons (Fsp3) is 0.267. The highest BCUT2D eigenvalue weighted by molar-refractivity contribution is 8.22. The number of hydrogen-bond donors (Lipinski definition) is 1. The Hall–Kier alpha value is -1.18. The van der Waals surface area contributed by atoms with E-state index in [9.17, 15) is 4.79 Å². The van der Waals surface area contributed by atoms with E-state index in [1.807, 2.05) is 42.5 Å². The predicted octanol–water partition coefficient (Wildman–Crippen LogP) is 2.60. The van der Waals surface area contributed by atoms with Crippen molar-refractivity contribution in [3.63, 3.8) is 0 Å². The van der Waals surface area contributed by atoms with Gasteiger partial charge in [0.25, 0.3) is 5.56 Å². The Morgan fingerprint density at radius 1 is 1.05 bits per heavy atom. The summed E-state index contributed by atoms with van der Waals surface area (Å²) in [6.45, 7) is 6.35. The minimum absolute atomic E-state index is 0.0652. The molecule has 0 aliphatic carbocycles. The maximum Gasteiger partial charge on any atom is 0.256 e. The van der Waals surface area contributed by atoms with E-state index in [1.54, 1.807) is 6.20 Å². The Bertz CT molecular complexity index is 670. The van der Waals surface area contributed by atoms with Crippen LogP contribution in [0.5, 0.6) is 0 Å². The quantitative estimate of drug-likeness (QED) is 0.863. The first kappa shape index (κ1) is 14.2. The molecule has 4 heteroatoms. The molecule has 1 aromatic carbocycles. The van der Waals surface area contributed by atoms with Crippen LogP contribution < -0.4 is 16.2 Å². The van der Waals surface area contributed by atoms with Gasteiger partial charge in [0, 0.05) is 12.2 Å². The van der Waals surface area contributed by atoms with Crippen LogP contribution in [0.4, 0.5) is 0 Å². The fourth-order valence-corrected chi connectivity index (χ4v) is 6.00. The summed E-state index contributed by atoms with van der Waals surface area (Å²) in [5.74, 6) is 0. The van der Waals surface area contributed by atoms with Crippen molar-refractivity contribution in [3.8, 4) is 0 Å². The minimum atomic E-state index is -2.16. The van der Waals surface area contributed by atoms with Crippen molar-refractivity contribution in [1.29, 1.82) is 0 Å². The van der Waals surface area contributed by atoms with Crippen molar-refractivity contribution in [2.45, 2.75) is 25.9 Å². The molecule has 0 radical (unpaired) electrons. The van der Waals surface area contributed by atoms with Crippen molar-refractivity contribution in [3.05, 3.63) is 59.0 Å². The van der Waals surface area contributed by atoms with E-state index in [-0.39, 0.29) is 10.7 Å². The van der Waals surface area contributed by atoms with Crippen LogP contribution in [0.3, 0.4) is 0 Å². The molecule has 0 aliphatic rings. The first-order valence-corrected chi connectivity index (χ1v) is 9.01. The third-order valence-corrected chi connectivity index (χ3v) is 10.0. The fourth-order valence-electron chi connectivity index (χ4n) is 2.19. The topological polar surface area (TPSA) is 32.9 Å². The highest BCUT2D eigenvalue weighted by Gasteiger charge is 2.36. The van der Waals surface area contributed by atoms with E-state index in [0.29, 0.717) is 0 Å². The van der Waals surface area contributed by atoms with Gasteiger partial charge in [0.1, 0.15) is 0 Å². The van der Waals surface area contributed by atoms with Gasteiger partial charge in [0.05, 0.1) is 5.30 Å². The average Bonchev–Trinajstić information content (AvgIpc) is 2.38. The molecular weight excluding hydrogens is 273 g/mol. The SMILES string of the molecule is CC(C)(C)[P@@](=S)(c1ccccc1)c1ccc[nH]c1=O. The zero-order chi connectivity index (χ0) is 14.1. The second-order valence-corrected chi connectivity index (χ2v) is 10.7. The average molecular weight is 291 g/mol. The number of benzene rings is 1. The summed E-state index contributed by atoms with van der Waals surface area (Å²) in [5.41, 5.74) is -0.0652. The molecule has 1 N–H and O–H groups in total. The minimum Gasteiger partial charge on any atom is -0.329 e. The molecule has 0 saturated carbocycles. The molecule has 0 fully saturated rings. The number of H-pyrrole nitrogens is 1. The van der Waals surface area contributed by atoms with Gasteiger partial charge in [0.15, 0.2) is 0 Å². The molecule has 1 aromatic heterocycles. The first-order valence-electron chi connectivity index (χ1n) is 6.21. The summed E-state index contributed by atoms with van der Waals surface area (Å²) in [6, 6.07) is 11.6. The van der Waals surface area contributed by atoms with Gasteiger partial charge in [-0.2, -0.15) is 0 Å². The number of hydrogen-bond acceptors (Lipinski definition) is 2. The molecule has 1 atom stereocenters. The van der Waals surface area contributed by atoms with Gasteiger partial charge in [-0.15, -0.1) is 0 Å². The van der Waals surface area contributed by atoms with E-state index in [0.717, 1.165) is 10.6 Å². The molecule has 0 saturated heterocycles. The Kier molecular flexibility index (Phi) is 3.80. The van der Waals surface area contributed by atoms with Crippen molar-refractivity contribution >= 4 is 28.5 Å². The molecule has 2 aromatic rings. The summed E-state index contributed by atoms with van der Waals surface area (Å²) >= 11 is 6.05. The van der Waals surface area contributed by atoms with Gasteiger partial charge < -0.3 is 4.98 Å². The number of nitrogens with one attached hydrogen (secondary N) is 1. The van der Waals surface area contributed by atoms with Gasteiger partial charge >= 0.3 is 0 Å². The van der Waals surface area contributed by atoms with Crippen molar-refractivity contribution < 1.29 is 0 Å². The van der Waals surface area contributed by atoms with Crippen LogP contribution in [0.25, 0.3) is 0 Å². The van der Waals surface area contributed by atoms with E-state index in [2.05, 4.69) is 25.8 Å². The number of rotatable bonds is 2. The third kappa shape index (κ3) is 2.45. The lowest BCUT2D eigenvalue weighted by Gasteiger charge is -2.35. The van der Waals surface area contributed by atoms with Crippen LogP contribution in [0.15, 0.2) is 53.5 Å². The normalized spacial score (nSPS) is 14.9. The van der Waals surface area contributed by atoms with Crippen molar-refractivity contribution in [1.82, 2.24) is 4.98 Å². The van der Waals surface area contributed by atoms with E-state index >= 15 is 0 Å². The number of pyridine rings is 1. The molecule has 1 heterocycles. The van der Waals surface area contributed by atoms with Gasteiger partial charge in [0.2, 0.25) is 0 Å². The van der Waals surface area contributed by atoms with E-state index < -0.39 is 6.04 Å². The van der Waals surface area contributed by atoms with Crippen LogP contribution in [-0.4, -0.2) is 10.1 Å². The van der Waals surface area contributed by atoms with Gasteiger partial charge in [-0.1, -0.05) is 62.9 Å². The predicted molar refractivity (Wildman–Crippen MR) is 86.8 cm³/mol. The molecule has 0 bridgehead atoms. The first-order chi connectivity index (χ1) is 8.87. The number of aromatic amines is 1. The van der Waals surface area contributed by atoms with Crippen LogP contribution in [-0.2, 0) is 11.8 Å². The second-order valence-electron chi connectivity index (χ2n) is 5.50. The molecule has 0 aliphatic heterocycles. The highest BCUT2D eigenvalue weighted by Crippen LogP contribution is 2.54. The summed E-state index contributed by atoms with van der Waals surface area (Å²) in [5, 5.41) is 1.69. The lowest BCUT2D eigenvalue weighted by Crippen LogP contribution is -2.38. The Balaban J connectivity index is 2.79. The van der Waals surface area contributed by atoms with Crippen LogP contribution in [0, 0.1) is 0 Å². The van der Waals surface area contributed by atoms with Crippen LogP contribution in [0.2, 0.25) is 0 Å². The highest BCUT2D eigenvalue weighted by atomic mass is 32.4. The Labute approximate surface area is 118 Å². The molecule has 0 amide bonds. The standard InChI is InChI=1S/C15H18NOPS/c1-15(2,3)18(19,12-8-5-4-6-9-12)13-10-7-11-16-14(13)17/h4-11H,1-3H3,(H,16,17)/t18-/m1/s1. The largest absolute Gasteiger partial charge is 0.329 e. The summed E-state index contributed by atoms with van der Waals surface area (Å²) in [6.07, 6.45) is 1.65. The van der Waals surface area contributed by atoms with Crippen molar-refractivity contribution in [2.24, 2.45) is 0 Å². The molecule has 0 spiro atoms. The Morgan fingerprint density at radius 3 is 2.21 bits per heavy atom. The molecule has 0 unspecified atom stereocenters. The van der Waals surface area contributed by atoms with Gasteiger partial charge in [-0.3, -0.25) is 4.79 Å². The zero-order valence-corrected chi connectivity index (χ0v) is 13.1. The molecule has 19 heavy (non-hydrogen) atoms.